The standard InChI is InChI=1S/C44H26N4/c45-27-37-31(25-26-44(38(37)28-46)48-42-19-9-4-14-35(42)36-15-5-10-20-43(36)48)29-21-23-30(24-22-29)32-11-1-6-16-39(32)47-40-17-7-2-12-33(40)34-13-3-8-18-41(34)47/h1-26H. The van der Waals surface area contributed by atoms with Gasteiger partial charge in [0.15, 0.2) is 0 Å². The lowest BCUT2D eigenvalue weighted by molar-refractivity contribution is 1.16. The summed E-state index contributed by atoms with van der Waals surface area (Å²) in [6.45, 7) is 0. The van der Waals surface area contributed by atoms with E-state index in [4.69, 9.17) is 0 Å². The minimum absolute atomic E-state index is 0.363. The highest BCUT2D eigenvalue weighted by Gasteiger charge is 2.20. The molecule has 0 atom stereocenters. The van der Waals surface area contributed by atoms with E-state index in [-0.39, 0.29) is 0 Å². The lowest BCUT2D eigenvalue weighted by Gasteiger charge is -2.15. The van der Waals surface area contributed by atoms with Crippen LogP contribution in [0.1, 0.15) is 11.1 Å². The zero-order chi connectivity index (χ0) is 32.2. The Balaban J connectivity index is 1.17. The van der Waals surface area contributed by atoms with E-state index in [1.54, 1.807) is 0 Å². The predicted molar refractivity (Wildman–Crippen MR) is 195 cm³/mol. The molecule has 7 aromatic carbocycles. The van der Waals surface area contributed by atoms with Crippen LogP contribution in [0, 0.1) is 22.7 Å². The number of rotatable bonds is 4. The highest BCUT2D eigenvalue weighted by Crippen LogP contribution is 2.39. The third-order valence-corrected chi connectivity index (χ3v) is 9.46. The maximum absolute atomic E-state index is 10.5. The highest BCUT2D eigenvalue weighted by molar-refractivity contribution is 6.10. The molecule has 4 heteroatoms. The van der Waals surface area contributed by atoms with Gasteiger partial charge in [-0.2, -0.15) is 10.5 Å². The summed E-state index contributed by atoms with van der Waals surface area (Å²) in [6.07, 6.45) is 0. The third kappa shape index (κ3) is 4.01. The molecule has 0 saturated carbocycles. The maximum Gasteiger partial charge on any atom is 0.103 e. The molecule has 0 N–H and O–H groups in total. The van der Waals surface area contributed by atoms with E-state index in [0.29, 0.717) is 16.8 Å². The molecule has 222 valence electrons. The monoisotopic (exact) mass is 610 g/mol. The van der Waals surface area contributed by atoms with Crippen molar-refractivity contribution in [2.75, 3.05) is 0 Å². The fourth-order valence-corrected chi connectivity index (χ4v) is 7.35. The molecule has 9 rings (SSSR count). The molecular formula is C44H26N4. The van der Waals surface area contributed by atoms with Crippen molar-refractivity contribution in [3.05, 3.63) is 169 Å². The van der Waals surface area contributed by atoms with Crippen LogP contribution in [-0.4, -0.2) is 9.13 Å². The number of aromatic nitrogens is 2. The van der Waals surface area contributed by atoms with Crippen molar-refractivity contribution in [3.8, 4) is 45.8 Å². The molecule has 2 heterocycles. The summed E-state index contributed by atoms with van der Waals surface area (Å²) >= 11 is 0. The molecule has 0 aliphatic rings. The first-order valence-corrected chi connectivity index (χ1v) is 15.9. The van der Waals surface area contributed by atoms with E-state index in [2.05, 4.69) is 143 Å². The van der Waals surface area contributed by atoms with Crippen molar-refractivity contribution in [2.45, 2.75) is 0 Å². The van der Waals surface area contributed by atoms with Crippen LogP contribution in [0.25, 0.3) is 77.2 Å². The first-order valence-electron chi connectivity index (χ1n) is 15.9. The van der Waals surface area contributed by atoms with Gasteiger partial charge in [-0.1, -0.05) is 121 Å². The van der Waals surface area contributed by atoms with Crippen molar-refractivity contribution in [2.24, 2.45) is 0 Å². The van der Waals surface area contributed by atoms with E-state index in [1.807, 2.05) is 36.4 Å². The van der Waals surface area contributed by atoms with Crippen LogP contribution in [0.5, 0.6) is 0 Å². The summed E-state index contributed by atoms with van der Waals surface area (Å²) in [5.74, 6) is 0. The molecule has 0 amide bonds. The van der Waals surface area contributed by atoms with Crippen molar-refractivity contribution < 1.29 is 0 Å². The zero-order valence-corrected chi connectivity index (χ0v) is 25.8. The van der Waals surface area contributed by atoms with Crippen LogP contribution in [0.15, 0.2) is 158 Å². The lowest BCUT2D eigenvalue weighted by atomic mass is 9.93. The highest BCUT2D eigenvalue weighted by atomic mass is 15.0. The second-order valence-electron chi connectivity index (χ2n) is 11.9. The first kappa shape index (κ1) is 27.4. The van der Waals surface area contributed by atoms with Crippen molar-refractivity contribution >= 4 is 43.6 Å². The molecule has 0 aliphatic heterocycles. The van der Waals surface area contributed by atoms with E-state index in [1.165, 1.54) is 10.8 Å². The van der Waals surface area contributed by atoms with Crippen LogP contribution >= 0.6 is 0 Å². The number of para-hydroxylation sites is 5. The predicted octanol–water partition coefficient (Wildman–Crippen LogP) is 11.0. The van der Waals surface area contributed by atoms with Gasteiger partial charge in [0.05, 0.1) is 44.6 Å². The molecule has 0 saturated heterocycles. The Hall–Kier alpha value is -6.88. The summed E-state index contributed by atoms with van der Waals surface area (Å²) in [6, 6.07) is 59.0. The van der Waals surface area contributed by atoms with Gasteiger partial charge in [-0.05, 0) is 47.5 Å². The maximum atomic E-state index is 10.5. The van der Waals surface area contributed by atoms with Gasteiger partial charge in [-0.25, -0.2) is 0 Å². The van der Waals surface area contributed by atoms with Gasteiger partial charge in [0.2, 0.25) is 0 Å². The summed E-state index contributed by atoms with van der Waals surface area (Å²) in [7, 11) is 0. The van der Waals surface area contributed by atoms with Gasteiger partial charge in [0.1, 0.15) is 12.1 Å². The fraction of sp³-hybridized carbons (Fsp3) is 0. The Morgan fingerprint density at radius 2 is 0.729 bits per heavy atom. The quantitative estimate of drug-likeness (QED) is 0.199. The average molecular weight is 611 g/mol. The smallest absolute Gasteiger partial charge is 0.103 e. The van der Waals surface area contributed by atoms with E-state index >= 15 is 0 Å². The van der Waals surface area contributed by atoms with Gasteiger partial charge in [0, 0.05) is 32.7 Å². The SMILES string of the molecule is N#Cc1c(-c2ccc(-c3ccccc3-n3c4ccccc4c4ccccc43)cc2)ccc(-n2c3ccccc3c3ccccc32)c1C#N. The number of nitriles is 2. The van der Waals surface area contributed by atoms with Crippen molar-refractivity contribution in [1.29, 1.82) is 10.5 Å². The summed E-state index contributed by atoms with van der Waals surface area (Å²) in [5.41, 5.74) is 10.6. The second-order valence-corrected chi connectivity index (χ2v) is 11.9. The number of nitrogens with zero attached hydrogens (tertiary/aromatic N) is 4. The van der Waals surface area contributed by atoms with Gasteiger partial charge in [0.25, 0.3) is 0 Å². The number of benzene rings is 7. The summed E-state index contributed by atoms with van der Waals surface area (Å²) < 4.78 is 4.44. The fourth-order valence-electron chi connectivity index (χ4n) is 7.35. The Morgan fingerprint density at radius 1 is 0.333 bits per heavy atom. The molecule has 0 spiro atoms. The van der Waals surface area contributed by atoms with Crippen LogP contribution in [-0.2, 0) is 0 Å². The molecule has 2 aromatic heterocycles. The summed E-state index contributed by atoms with van der Waals surface area (Å²) in [5, 5.41) is 25.6. The molecule has 0 fully saturated rings. The zero-order valence-electron chi connectivity index (χ0n) is 25.8. The van der Waals surface area contributed by atoms with Gasteiger partial charge in [-0.3, -0.25) is 0 Å². The molecule has 0 radical (unpaired) electrons. The molecule has 0 bridgehead atoms. The Kier molecular flexibility index (Phi) is 6.22. The van der Waals surface area contributed by atoms with E-state index < -0.39 is 0 Å². The number of hydrogen-bond donors (Lipinski definition) is 0. The Bertz CT molecular complexity index is 2690. The Morgan fingerprint density at radius 3 is 1.21 bits per heavy atom. The summed E-state index contributed by atoms with van der Waals surface area (Å²) in [4.78, 5) is 0. The van der Waals surface area contributed by atoms with Crippen molar-refractivity contribution in [3.63, 3.8) is 0 Å². The van der Waals surface area contributed by atoms with Crippen LogP contribution in [0.2, 0.25) is 0 Å². The van der Waals surface area contributed by atoms with Gasteiger partial charge >= 0.3 is 0 Å². The van der Waals surface area contributed by atoms with Crippen molar-refractivity contribution in [1.82, 2.24) is 9.13 Å². The number of fused-ring (bicyclic) bond motifs is 6. The molecule has 0 unspecified atom stereocenters. The van der Waals surface area contributed by atoms with E-state index in [0.717, 1.165) is 60.8 Å². The lowest BCUT2D eigenvalue weighted by Crippen LogP contribution is -2.01. The second kappa shape index (κ2) is 10.9. The van der Waals surface area contributed by atoms with Crippen LogP contribution < -0.4 is 0 Å². The largest absolute Gasteiger partial charge is 0.309 e. The van der Waals surface area contributed by atoms with Gasteiger partial charge in [-0.15, -0.1) is 0 Å². The van der Waals surface area contributed by atoms with Crippen LogP contribution in [0.4, 0.5) is 0 Å². The average Bonchev–Trinajstić information content (AvgIpc) is 3.67. The molecular weight excluding hydrogens is 585 g/mol. The van der Waals surface area contributed by atoms with E-state index in [9.17, 15) is 10.5 Å². The Labute approximate surface area is 277 Å². The molecule has 48 heavy (non-hydrogen) atoms. The molecule has 4 nitrogen and oxygen atoms in total. The van der Waals surface area contributed by atoms with Gasteiger partial charge < -0.3 is 9.13 Å². The minimum atomic E-state index is 0.363. The first-order chi connectivity index (χ1) is 23.8. The number of hydrogen-bond acceptors (Lipinski definition) is 2. The molecule has 0 aliphatic carbocycles. The molecule has 9 aromatic rings. The third-order valence-electron chi connectivity index (χ3n) is 9.46. The topological polar surface area (TPSA) is 57.4 Å². The minimum Gasteiger partial charge on any atom is -0.309 e. The normalized spacial score (nSPS) is 11.3. The van der Waals surface area contributed by atoms with Crippen LogP contribution in [0.3, 0.4) is 0 Å².